The molecular formula is C14H26O3. The topological polar surface area (TPSA) is 57.5 Å². The van der Waals surface area contributed by atoms with Crippen LogP contribution in [0.5, 0.6) is 0 Å². The monoisotopic (exact) mass is 242 g/mol. The molecule has 0 unspecified atom stereocenters. The second kappa shape index (κ2) is 11.6. The molecule has 0 aliphatic carbocycles. The highest BCUT2D eigenvalue weighted by Crippen LogP contribution is 2.07. The van der Waals surface area contributed by atoms with Crippen LogP contribution in [0.15, 0.2) is 12.2 Å². The lowest BCUT2D eigenvalue weighted by Gasteiger charge is -2.05. The van der Waals surface area contributed by atoms with Gasteiger partial charge in [-0.2, -0.15) is 0 Å². The highest BCUT2D eigenvalue weighted by molar-refractivity contribution is 5.67. The molecule has 0 aliphatic heterocycles. The summed E-state index contributed by atoms with van der Waals surface area (Å²) < 4.78 is 0. The number of aliphatic hydroxyl groups excluding tert-OH is 1. The van der Waals surface area contributed by atoms with E-state index < -0.39 is 12.1 Å². The number of rotatable bonds is 11. The van der Waals surface area contributed by atoms with Crippen LogP contribution in [-0.4, -0.2) is 22.3 Å². The van der Waals surface area contributed by atoms with Gasteiger partial charge in [-0.15, -0.1) is 0 Å². The molecule has 0 saturated carbocycles. The number of allylic oxidation sites excluding steroid dienone is 2. The Balaban J connectivity index is 3.26. The molecule has 1 atom stereocenters. The van der Waals surface area contributed by atoms with Crippen LogP contribution >= 0.6 is 0 Å². The van der Waals surface area contributed by atoms with Gasteiger partial charge < -0.3 is 10.2 Å². The lowest BCUT2D eigenvalue weighted by atomic mass is 10.1. The van der Waals surface area contributed by atoms with E-state index in [9.17, 15) is 9.90 Å². The second-order valence-corrected chi connectivity index (χ2v) is 4.50. The average molecular weight is 242 g/mol. The van der Waals surface area contributed by atoms with Crippen molar-refractivity contribution in [3.63, 3.8) is 0 Å². The minimum Gasteiger partial charge on any atom is -0.481 e. The van der Waals surface area contributed by atoms with Gasteiger partial charge in [-0.25, -0.2) is 0 Å². The summed E-state index contributed by atoms with van der Waals surface area (Å²) >= 11 is 0. The predicted octanol–water partition coefficient (Wildman–Crippen LogP) is 3.52. The Morgan fingerprint density at radius 2 is 1.76 bits per heavy atom. The van der Waals surface area contributed by atoms with Gasteiger partial charge in [-0.1, -0.05) is 38.3 Å². The fourth-order valence-corrected chi connectivity index (χ4v) is 1.70. The van der Waals surface area contributed by atoms with Gasteiger partial charge in [0, 0.05) is 0 Å². The molecule has 3 heteroatoms. The van der Waals surface area contributed by atoms with Crippen molar-refractivity contribution in [2.75, 3.05) is 0 Å². The summed E-state index contributed by atoms with van der Waals surface area (Å²) in [4.78, 5) is 10.3. The van der Waals surface area contributed by atoms with Gasteiger partial charge in [0.05, 0.1) is 12.5 Å². The van der Waals surface area contributed by atoms with Crippen LogP contribution in [0.25, 0.3) is 0 Å². The number of carboxylic acids is 1. The Morgan fingerprint density at radius 1 is 1.12 bits per heavy atom. The first-order valence-electron chi connectivity index (χ1n) is 6.71. The zero-order valence-electron chi connectivity index (χ0n) is 10.9. The van der Waals surface area contributed by atoms with Gasteiger partial charge >= 0.3 is 5.97 Å². The lowest BCUT2D eigenvalue weighted by molar-refractivity contribution is -0.139. The molecule has 0 aromatic rings. The quantitative estimate of drug-likeness (QED) is 0.430. The van der Waals surface area contributed by atoms with Crippen LogP contribution in [0.2, 0.25) is 0 Å². The SMILES string of the molecule is CCCCCC/C=C\CCC[C@@H](O)CC(=O)O. The van der Waals surface area contributed by atoms with Crippen molar-refractivity contribution < 1.29 is 15.0 Å². The van der Waals surface area contributed by atoms with E-state index in [1.165, 1.54) is 25.7 Å². The Hall–Kier alpha value is -0.830. The van der Waals surface area contributed by atoms with E-state index in [1.807, 2.05) is 0 Å². The fraction of sp³-hybridized carbons (Fsp3) is 0.786. The van der Waals surface area contributed by atoms with Crippen LogP contribution < -0.4 is 0 Å². The molecule has 0 spiro atoms. The maximum absolute atomic E-state index is 10.3. The Kier molecular flexibility index (Phi) is 11.1. The maximum atomic E-state index is 10.3. The normalized spacial score (nSPS) is 13.1. The number of aliphatic hydroxyl groups is 1. The van der Waals surface area contributed by atoms with Crippen molar-refractivity contribution in [3.8, 4) is 0 Å². The summed E-state index contributed by atoms with van der Waals surface area (Å²) in [5, 5.41) is 17.8. The standard InChI is InChI=1S/C14H26O3/c1-2-3-4-5-6-7-8-9-10-11-13(15)12-14(16)17/h7-8,13,15H,2-6,9-12H2,1H3,(H,16,17)/b8-7-/t13-/m1/s1. The minimum absolute atomic E-state index is 0.138. The molecule has 0 aromatic carbocycles. The van der Waals surface area contributed by atoms with Gasteiger partial charge in [-0.3, -0.25) is 4.79 Å². The van der Waals surface area contributed by atoms with Crippen molar-refractivity contribution in [2.45, 2.75) is 70.8 Å². The van der Waals surface area contributed by atoms with Crippen molar-refractivity contribution in [2.24, 2.45) is 0 Å². The Bertz CT molecular complexity index is 212. The Morgan fingerprint density at radius 3 is 2.35 bits per heavy atom. The number of aliphatic carboxylic acids is 1. The zero-order valence-corrected chi connectivity index (χ0v) is 10.9. The van der Waals surface area contributed by atoms with Crippen LogP contribution in [0, 0.1) is 0 Å². The molecule has 0 rings (SSSR count). The van der Waals surface area contributed by atoms with Gasteiger partial charge in [0.2, 0.25) is 0 Å². The van der Waals surface area contributed by atoms with Crippen LogP contribution in [0.1, 0.15) is 64.7 Å². The van der Waals surface area contributed by atoms with E-state index in [4.69, 9.17) is 5.11 Å². The number of hydrogen-bond donors (Lipinski definition) is 2. The largest absolute Gasteiger partial charge is 0.481 e. The zero-order chi connectivity index (χ0) is 12.9. The van der Waals surface area contributed by atoms with E-state index >= 15 is 0 Å². The summed E-state index contributed by atoms with van der Waals surface area (Å²) in [5.74, 6) is -0.927. The second-order valence-electron chi connectivity index (χ2n) is 4.50. The van der Waals surface area contributed by atoms with Crippen molar-refractivity contribution >= 4 is 5.97 Å². The number of hydrogen-bond acceptors (Lipinski definition) is 2. The molecule has 3 nitrogen and oxygen atoms in total. The van der Waals surface area contributed by atoms with Gasteiger partial charge in [-0.05, 0) is 32.1 Å². The van der Waals surface area contributed by atoms with Gasteiger partial charge in [0.1, 0.15) is 0 Å². The maximum Gasteiger partial charge on any atom is 0.305 e. The summed E-state index contributed by atoms with van der Waals surface area (Å²) in [6, 6.07) is 0. The van der Waals surface area contributed by atoms with Crippen molar-refractivity contribution in [3.05, 3.63) is 12.2 Å². The molecule has 0 saturated heterocycles. The van der Waals surface area contributed by atoms with Gasteiger partial charge in [0.25, 0.3) is 0 Å². The van der Waals surface area contributed by atoms with Crippen LogP contribution in [-0.2, 0) is 4.79 Å². The van der Waals surface area contributed by atoms with E-state index in [0.717, 1.165) is 19.3 Å². The molecule has 0 aromatic heterocycles. The molecular weight excluding hydrogens is 216 g/mol. The van der Waals surface area contributed by atoms with E-state index in [0.29, 0.717) is 6.42 Å². The number of carboxylic acid groups (broad SMARTS) is 1. The third-order valence-corrected chi connectivity index (χ3v) is 2.71. The average Bonchev–Trinajstić information content (AvgIpc) is 2.26. The first-order valence-corrected chi connectivity index (χ1v) is 6.71. The summed E-state index contributed by atoms with van der Waals surface area (Å²) in [5.41, 5.74) is 0. The van der Waals surface area contributed by atoms with Crippen molar-refractivity contribution in [1.82, 2.24) is 0 Å². The Labute approximate surface area is 105 Å². The highest BCUT2D eigenvalue weighted by Gasteiger charge is 2.07. The van der Waals surface area contributed by atoms with Crippen LogP contribution in [0.3, 0.4) is 0 Å². The first kappa shape index (κ1) is 16.2. The molecule has 0 amide bonds. The molecule has 0 bridgehead atoms. The predicted molar refractivity (Wildman–Crippen MR) is 70.0 cm³/mol. The molecule has 0 aliphatic rings. The molecule has 0 radical (unpaired) electrons. The number of unbranched alkanes of at least 4 members (excludes halogenated alkanes) is 5. The fourth-order valence-electron chi connectivity index (χ4n) is 1.70. The van der Waals surface area contributed by atoms with E-state index in [-0.39, 0.29) is 6.42 Å². The molecule has 100 valence electrons. The summed E-state index contributed by atoms with van der Waals surface area (Å²) in [6.45, 7) is 2.21. The van der Waals surface area contributed by atoms with Gasteiger partial charge in [0.15, 0.2) is 0 Å². The minimum atomic E-state index is -0.927. The molecule has 0 fully saturated rings. The van der Waals surface area contributed by atoms with E-state index in [1.54, 1.807) is 0 Å². The third kappa shape index (κ3) is 13.1. The van der Waals surface area contributed by atoms with E-state index in [2.05, 4.69) is 19.1 Å². The molecule has 2 N–H and O–H groups in total. The summed E-state index contributed by atoms with van der Waals surface area (Å²) in [6.07, 6.45) is 12.2. The highest BCUT2D eigenvalue weighted by atomic mass is 16.4. The van der Waals surface area contributed by atoms with Crippen molar-refractivity contribution in [1.29, 1.82) is 0 Å². The van der Waals surface area contributed by atoms with Crippen LogP contribution in [0.4, 0.5) is 0 Å². The summed E-state index contributed by atoms with van der Waals surface area (Å²) in [7, 11) is 0. The first-order chi connectivity index (χ1) is 8.16. The lowest BCUT2D eigenvalue weighted by Crippen LogP contribution is -2.12. The smallest absolute Gasteiger partial charge is 0.305 e. The third-order valence-electron chi connectivity index (χ3n) is 2.71. The number of carbonyl (C=O) groups is 1. The molecule has 0 heterocycles. The molecule has 17 heavy (non-hydrogen) atoms.